The van der Waals surface area contributed by atoms with Crippen molar-refractivity contribution in [2.75, 3.05) is 18.6 Å². The van der Waals surface area contributed by atoms with Gasteiger partial charge in [-0.2, -0.15) is 0 Å². The summed E-state index contributed by atoms with van der Waals surface area (Å²) in [7, 11) is 1.96. The zero-order valence-corrected chi connectivity index (χ0v) is 14.7. The first-order valence-corrected chi connectivity index (χ1v) is 8.41. The van der Waals surface area contributed by atoms with Gasteiger partial charge < -0.3 is 9.64 Å². The van der Waals surface area contributed by atoms with Crippen molar-refractivity contribution in [1.82, 2.24) is 9.97 Å². The van der Waals surface area contributed by atoms with Gasteiger partial charge in [-0.15, -0.1) is 0 Å². The van der Waals surface area contributed by atoms with Crippen molar-refractivity contribution in [2.45, 2.75) is 20.3 Å². The van der Waals surface area contributed by atoms with Gasteiger partial charge in [0, 0.05) is 18.1 Å². The van der Waals surface area contributed by atoms with Crippen molar-refractivity contribution in [3.05, 3.63) is 59.9 Å². The lowest BCUT2D eigenvalue weighted by Crippen LogP contribution is -2.17. The third-order valence-corrected chi connectivity index (χ3v) is 4.09. The van der Waals surface area contributed by atoms with Crippen LogP contribution in [0.1, 0.15) is 30.0 Å². The van der Waals surface area contributed by atoms with E-state index in [9.17, 15) is 4.79 Å². The smallest absolute Gasteiger partial charge is 0.376 e. The summed E-state index contributed by atoms with van der Waals surface area (Å²) < 4.78 is 5.08. The van der Waals surface area contributed by atoms with E-state index in [1.54, 1.807) is 6.92 Å². The Bertz CT molecular complexity index is 908. The predicted molar refractivity (Wildman–Crippen MR) is 99.4 cm³/mol. The van der Waals surface area contributed by atoms with Gasteiger partial charge in [-0.05, 0) is 37.1 Å². The van der Waals surface area contributed by atoms with Crippen LogP contribution in [-0.2, 0) is 11.2 Å². The minimum Gasteiger partial charge on any atom is -0.460 e. The molecule has 2 aromatic carbocycles. The molecule has 3 rings (SSSR count). The largest absolute Gasteiger partial charge is 0.460 e. The molecule has 0 radical (unpaired) electrons. The van der Waals surface area contributed by atoms with E-state index >= 15 is 0 Å². The van der Waals surface area contributed by atoms with Crippen LogP contribution in [0.25, 0.3) is 10.9 Å². The summed E-state index contributed by atoms with van der Waals surface area (Å²) in [5.41, 5.74) is 2.99. The number of fused-ring (bicyclic) bond motifs is 1. The van der Waals surface area contributed by atoms with Crippen molar-refractivity contribution in [1.29, 1.82) is 0 Å². The van der Waals surface area contributed by atoms with Crippen LogP contribution in [0.15, 0.2) is 48.5 Å². The van der Waals surface area contributed by atoms with Crippen LogP contribution < -0.4 is 4.90 Å². The second-order valence-corrected chi connectivity index (χ2v) is 5.65. The maximum atomic E-state index is 12.2. The highest BCUT2D eigenvalue weighted by molar-refractivity contribution is 5.95. The fourth-order valence-electron chi connectivity index (χ4n) is 2.85. The quantitative estimate of drug-likeness (QED) is 0.656. The summed E-state index contributed by atoms with van der Waals surface area (Å²) >= 11 is 0. The van der Waals surface area contributed by atoms with E-state index < -0.39 is 5.97 Å². The van der Waals surface area contributed by atoms with Crippen LogP contribution in [0.3, 0.4) is 0 Å². The molecule has 5 heteroatoms. The minimum atomic E-state index is -0.508. The maximum absolute atomic E-state index is 12.2. The zero-order valence-electron chi connectivity index (χ0n) is 14.7. The molecule has 0 N–H and O–H groups in total. The fraction of sp³-hybridized carbons (Fsp3) is 0.250. The molecule has 5 nitrogen and oxygen atoms in total. The SMILES string of the molecule is CCOC(=O)c1nc(N(C)c2ccccc2CC)c2ccccc2n1. The number of anilines is 2. The van der Waals surface area contributed by atoms with E-state index in [1.165, 1.54) is 5.56 Å². The molecule has 0 aliphatic carbocycles. The fourth-order valence-corrected chi connectivity index (χ4v) is 2.85. The van der Waals surface area contributed by atoms with E-state index in [1.807, 2.05) is 48.3 Å². The molecular weight excluding hydrogens is 314 g/mol. The molecule has 0 saturated heterocycles. The number of aromatic nitrogens is 2. The zero-order chi connectivity index (χ0) is 17.8. The second kappa shape index (κ2) is 7.30. The normalized spacial score (nSPS) is 10.7. The van der Waals surface area contributed by atoms with Crippen molar-refractivity contribution >= 4 is 28.4 Å². The van der Waals surface area contributed by atoms with Gasteiger partial charge in [0.25, 0.3) is 0 Å². The molecule has 1 heterocycles. The van der Waals surface area contributed by atoms with E-state index in [-0.39, 0.29) is 5.82 Å². The first kappa shape index (κ1) is 16.9. The second-order valence-electron chi connectivity index (χ2n) is 5.65. The van der Waals surface area contributed by atoms with Gasteiger partial charge in [-0.1, -0.05) is 37.3 Å². The number of ether oxygens (including phenoxy) is 1. The van der Waals surface area contributed by atoms with E-state index in [2.05, 4.69) is 29.0 Å². The standard InChI is InChI=1S/C20H21N3O2/c1-4-14-10-6-9-13-17(14)23(3)19-15-11-7-8-12-16(15)21-18(22-19)20(24)25-5-2/h6-13H,4-5H2,1-3H3. The third-order valence-electron chi connectivity index (χ3n) is 4.09. The molecule has 0 saturated carbocycles. The first-order chi connectivity index (χ1) is 12.2. The number of para-hydroxylation sites is 2. The Labute approximate surface area is 147 Å². The number of carbonyl (C=O) groups is 1. The van der Waals surface area contributed by atoms with Crippen molar-refractivity contribution in [3.8, 4) is 0 Å². The number of rotatable bonds is 5. The lowest BCUT2D eigenvalue weighted by atomic mass is 10.1. The Balaban J connectivity index is 2.18. The first-order valence-electron chi connectivity index (χ1n) is 8.41. The number of nitrogens with zero attached hydrogens (tertiary/aromatic N) is 3. The van der Waals surface area contributed by atoms with Crippen molar-refractivity contribution in [2.24, 2.45) is 0 Å². The lowest BCUT2D eigenvalue weighted by Gasteiger charge is -2.23. The average molecular weight is 335 g/mol. The summed E-state index contributed by atoms with van der Waals surface area (Å²) in [6, 6.07) is 15.9. The van der Waals surface area contributed by atoms with Gasteiger partial charge in [0.05, 0.1) is 12.1 Å². The number of carbonyl (C=O) groups excluding carboxylic acids is 1. The summed E-state index contributed by atoms with van der Waals surface area (Å²) in [4.78, 5) is 23.0. The Morgan fingerprint density at radius 1 is 1.04 bits per heavy atom. The molecule has 0 fully saturated rings. The van der Waals surface area contributed by atoms with Gasteiger partial charge >= 0.3 is 5.97 Å². The van der Waals surface area contributed by atoms with Gasteiger partial charge in [0.1, 0.15) is 5.82 Å². The molecule has 0 bridgehead atoms. The number of hydrogen-bond donors (Lipinski definition) is 0. The van der Waals surface area contributed by atoms with Crippen LogP contribution in [-0.4, -0.2) is 29.6 Å². The van der Waals surface area contributed by atoms with Crippen LogP contribution >= 0.6 is 0 Å². The molecule has 128 valence electrons. The molecular formula is C20H21N3O2. The highest BCUT2D eigenvalue weighted by atomic mass is 16.5. The van der Waals surface area contributed by atoms with Gasteiger partial charge in [0.15, 0.2) is 0 Å². The Kier molecular flexibility index (Phi) is 4.93. The highest BCUT2D eigenvalue weighted by Crippen LogP contribution is 2.31. The van der Waals surface area contributed by atoms with Gasteiger partial charge in [0.2, 0.25) is 5.82 Å². The number of aryl methyl sites for hydroxylation is 1. The summed E-state index contributed by atoms with van der Waals surface area (Å²) in [5.74, 6) is 0.262. The molecule has 0 atom stereocenters. The molecule has 0 aliphatic heterocycles. The van der Waals surface area contributed by atoms with E-state index in [4.69, 9.17) is 4.74 Å². The maximum Gasteiger partial charge on any atom is 0.376 e. The summed E-state index contributed by atoms with van der Waals surface area (Å²) in [5, 5.41) is 0.893. The minimum absolute atomic E-state index is 0.0800. The topological polar surface area (TPSA) is 55.3 Å². The third kappa shape index (κ3) is 3.31. The van der Waals surface area contributed by atoms with Crippen molar-refractivity contribution < 1.29 is 9.53 Å². The monoisotopic (exact) mass is 335 g/mol. The van der Waals surface area contributed by atoms with Crippen LogP contribution in [0.5, 0.6) is 0 Å². The number of hydrogen-bond acceptors (Lipinski definition) is 5. The number of benzene rings is 2. The van der Waals surface area contributed by atoms with Gasteiger partial charge in [-0.3, -0.25) is 0 Å². The molecule has 0 spiro atoms. The average Bonchev–Trinajstić information content (AvgIpc) is 2.66. The van der Waals surface area contributed by atoms with Crippen LogP contribution in [0.2, 0.25) is 0 Å². The summed E-state index contributed by atoms with van der Waals surface area (Å²) in [6.07, 6.45) is 0.911. The molecule has 25 heavy (non-hydrogen) atoms. The molecule has 0 unspecified atom stereocenters. The number of esters is 1. The molecule has 0 aliphatic rings. The Morgan fingerprint density at radius 3 is 2.52 bits per heavy atom. The van der Waals surface area contributed by atoms with Crippen LogP contribution in [0, 0.1) is 0 Å². The van der Waals surface area contributed by atoms with Crippen molar-refractivity contribution in [3.63, 3.8) is 0 Å². The molecule has 0 amide bonds. The molecule has 1 aromatic heterocycles. The Hall–Kier alpha value is -2.95. The summed E-state index contributed by atoms with van der Waals surface area (Å²) in [6.45, 7) is 4.18. The van der Waals surface area contributed by atoms with E-state index in [0.29, 0.717) is 12.4 Å². The highest BCUT2D eigenvalue weighted by Gasteiger charge is 2.18. The van der Waals surface area contributed by atoms with Crippen LogP contribution in [0.4, 0.5) is 11.5 Å². The predicted octanol–water partition coefficient (Wildman–Crippen LogP) is 4.14. The Morgan fingerprint density at radius 2 is 1.76 bits per heavy atom. The lowest BCUT2D eigenvalue weighted by molar-refractivity contribution is 0.0512. The van der Waals surface area contributed by atoms with Gasteiger partial charge in [-0.25, -0.2) is 14.8 Å². The molecule has 3 aromatic rings. The van der Waals surface area contributed by atoms with E-state index in [0.717, 1.165) is 23.0 Å².